The van der Waals surface area contributed by atoms with Crippen LogP contribution in [-0.2, 0) is 0 Å². The van der Waals surface area contributed by atoms with Crippen molar-refractivity contribution in [1.29, 1.82) is 0 Å². The average Bonchev–Trinajstić information content (AvgIpc) is 2.33. The molecule has 49 valence electrons. The van der Waals surface area contributed by atoms with Crippen molar-refractivity contribution in [3.8, 4) is 0 Å². The molecule has 0 atom stereocenters. The second-order valence-corrected chi connectivity index (χ2v) is 2.11. The highest BCUT2D eigenvalue weighted by Crippen LogP contribution is 2.11. The number of fused-ring (bicyclic) bond motifs is 1. The van der Waals surface area contributed by atoms with Gasteiger partial charge >= 0.3 is 0 Å². The summed E-state index contributed by atoms with van der Waals surface area (Å²) in [5.74, 6) is -0.324. The molecule has 0 aliphatic heterocycles. The van der Waals surface area contributed by atoms with Crippen LogP contribution in [0.3, 0.4) is 0 Å². The molecule has 0 spiro atoms. The van der Waals surface area contributed by atoms with Gasteiger partial charge in [-0.3, -0.25) is 0 Å². The minimum Gasteiger partial charge on any atom is -0.361 e. The van der Waals surface area contributed by atoms with E-state index >= 15 is 0 Å². The SMILES string of the molecule is Fc1[c]c2[nH]ccc2cc1. The number of rotatable bonds is 0. The molecule has 0 amide bonds. The summed E-state index contributed by atoms with van der Waals surface area (Å²) >= 11 is 0. The number of aromatic amines is 1. The highest BCUT2D eigenvalue weighted by Gasteiger charge is 1.94. The Hall–Kier alpha value is -1.31. The first-order chi connectivity index (χ1) is 4.86. The van der Waals surface area contributed by atoms with E-state index in [1.165, 1.54) is 6.07 Å². The zero-order valence-corrected chi connectivity index (χ0v) is 5.19. The molecule has 1 radical (unpaired) electrons. The summed E-state index contributed by atoms with van der Waals surface area (Å²) in [6, 6.07) is 7.55. The van der Waals surface area contributed by atoms with Gasteiger partial charge < -0.3 is 4.98 Å². The number of H-pyrrole nitrogens is 1. The summed E-state index contributed by atoms with van der Waals surface area (Å²) in [6.45, 7) is 0. The molecule has 1 heterocycles. The van der Waals surface area contributed by atoms with E-state index in [1.807, 2.05) is 6.07 Å². The van der Waals surface area contributed by atoms with Crippen LogP contribution in [0.15, 0.2) is 24.4 Å². The lowest BCUT2D eigenvalue weighted by molar-refractivity contribution is 0.627. The van der Waals surface area contributed by atoms with Gasteiger partial charge in [-0.25, -0.2) is 4.39 Å². The highest BCUT2D eigenvalue weighted by atomic mass is 19.1. The Balaban J connectivity index is 2.86. The molecule has 1 N–H and O–H groups in total. The minimum absolute atomic E-state index is 0.324. The number of hydrogen-bond acceptors (Lipinski definition) is 0. The van der Waals surface area contributed by atoms with Crippen molar-refractivity contribution >= 4 is 10.9 Å². The van der Waals surface area contributed by atoms with E-state index in [9.17, 15) is 4.39 Å². The molecule has 0 saturated heterocycles. The summed E-state index contributed by atoms with van der Waals surface area (Å²) in [5.41, 5.74) is 0.722. The van der Waals surface area contributed by atoms with E-state index in [0.29, 0.717) is 0 Å². The smallest absolute Gasteiger partial charge is 0.133 e. The van der Waals surface area contributed by atoms with Crippen molar-refractivity contribution in [2.24, 2.45) is 0 Å². The molecule has 0 aliphatic rings. The van der Waals surface area contributed by atoms with Crippen molar-refractivity contribution in [2.75, 3.05) is 0 Å². The summed E-state index contributed by atoms with van der Waals surface area (Å²) in [6.07, 6.45) is 1.76. The Morgan fingerprint density at radius 3 is 3.10 bits per heavy atom. The average molecular weight is 134 g/mol. The van der Waals surface area contributed by atoms with Crippen LogP contribution in [0.25, 0.3) is 10.9 Å². The lowest BCUT2D eigenvalue weighted by atomic mass is 10.2. The van der Waals surface area contributed by atoms with Crippen LogP contribution in [0, 0.1) is 11.9 Å². The van der Waals surface area contributed by atoms with Gasteiger partial charge in [-0.1, -0.05) is 0 Å². The molecule has 0 fully saturated rings. The van der Waals surface area contributed by atoms with E-state index < -0.39 is 0 Å². The fourth-order valence-electron chi connectivity index (χ4n) is 0.953. The third-order valence-corrected chi connectivity index (χ3v) is 1.43. The summed E-state index contributed by atoms with van der Waals surface area (Å²) in [5, 5.41) is 0.987. The van der Waals surface area contributed by atoms with E-state index in [0.717, 1.165) is 10.9 Å². The van der Waals surface area contributed by atoms with Gasteiger partial charge in [0.15, 0.2) is 0 Å². The summed E-state index contributed by atoms with van der Waals surface area (Å²) < 4.78 is 12.4. The second-order valence-electron chi connectivity index (χ2n) is 2.11. The maximum Gasteiger partial charge on any atom is 0.133 e. The maximum absolute atomic E-state index is 12.4. The molecule has 0 saturated carbocycles. The first-order valence-electron chi connectivity index (χ1n) is 3.01. The van der Waals surface area contributed by atoms with Crippen LogP contribution >= 0.6 is 0 Å². The van der Waals surface area contributed by atoms with Crippen LogP contribution in [-0.4, -0.2) is 4.98 Å². The first-order valence-corrected chi connectivity index (χ1v) is 3.01. The van der Waals surface area contributed by atoms with Gasteiger partial charge in [-0.15, -0.1) is 0 Å². The molecule has 10 heavy (non-hydrogen) atoms. The Morgan fingerprint density at radius 1 is 1.30 bits per heavy atom. The van der Waals surface area contributed by atoms with Crippen LogP contribution in [0.1, 0.15) is 0 Å². The minimum atomic E-state index is -0.324. The summed E-state index contributed by atoms with van der Waals surface area (Å²) in [4.78, 5) is 2.86. The van der Waals surface area contributed by atoms with E-state index in [4.69, 9.17) is 0 Å². The fraction of sp³-hybridized carbons (Fsp3) is 0. The Bertz CT molecular complexity index is 351. The molecule has 0 unspecified atom stereocenters. The van der Waals surface area contributed by atoms with Crippen molar-refractivity contribution in [1.82, 2.24) is 4.98 Å². The van der Waals surface area contributed by atoms with Crippen LogP contribution < -0.4 is 0 Å². The molecule has 1 aromatic carbocycles. The van der Waals surface area contributed by atoms with Gasteiger partial charge in [0.1, 0.15) is 5.82 Å². The largest absolute Gasteiger partial charge is 0.361 e. The molecule has 2 rings (SSSR count). The quantitative estimate of drug-likeness (QED) is 0.568. The van der Waals surface area contributed by atoms with Crippen LogP contribution in [0.2, 0.25) is 0 Å². The third kappa shape index (κ3) is 0.692. The van der Waals surface area contributed by atoms with Gasteiger partial charge in [-0.2, -0.15) is 0 Å². The first kappa shape index (κ1) is 5.47. The second kappa shape index (κ2) is 1.84. The molecular weight excluding hydrogens is 129 g/mol. The van der Waals surface area contributed by atoms with Crippen molar-refractivity contribution in [3.63, 3.8) is 0 Å². The topological polar surface area (TPSA) is 15.8 Å². The van der Waals surface area contributed by atoms with E-state index in [1.54, 1.807) is 12.3 Å². The normalized spacial score (nSPS) is 10.5. The van der Waals surface area contributed by atoms with E-state index in [2.05, 4.69) is 11.1 Å². The molecule has 2 heteroatoms. The van der Waals surface area contributed by atoms with Crippen molar-refractivity contribution < 1.29 is 4.39 Å². The van der Waals surface area contributed by atoms with Gasteiger partial charge in [0, 0.05) is 17.6 Å². The zero-order chi connectivity index (χ0) is 6.97. The van der Waals surface area contributed by atoms with Gasteiger partial charge in [-0.05, 0) is 18.2 Å². The molecule has 0 aliphatic carbocycles. The molecule has 1 aromatic heterocycles. The zero-order valence-electron chi connectivity index (χ0n) is 5.19. The predicted octanol–water partition coefficient (Wildman–Crippen LogP) is 2.11. The molecule has 1 nitrogen and oxygen atoms in total. The molecule has 0 bridgehead atoms. The third-order valence-electron chi connectivity index (χ3n) is 1.43. The predicted molar refractivity (Wildman–Crippen MR) is 37.1 cm³/mol. The highest BCUT2D eigenvalue weighted by molar-refractivity contribution is 5.78. The number of benzene rings is 1. The van der Waals surface area contributed by atoms with Crippen LogP contribution in [0.4, 0.5) is 4.39 Å². The fourth-order valence-corrected chi connectivity index (χ4v) is 0.953. The Morgan fingerprint density at radius 2 is 2.20 bits per heavy atom. The monoisotopic (exact) mass is 134 g/mol. The van der Waals surface area contributed by atoms with Crippen LogP contribution in [0.5, 0.6) is 0 Å². The van der Waals surface area contributed by atoms with Gasteiger partial charge in [0.2, 0.25) is 0 Å². The number of aromatic nitrogens is 1. The van der Waals surface area contributed by atoms with Crippen molar-refractivity contribution in [2.45, 2.75) is 0 Å². The van der Waals surface area contributed by atoms with Crippen molar-refractivity contribution in [3.05, 3.63) is 36.3 Å². The number of nitrogens with one attached hydrogen (secondary N) is 1. The standard InChI is InChI=1S/C8H5FN/c9-7-2-1-6-3-4-10-8(6)5-7/h1-4,10H. The maximum atomic E-state index is 12.4. The summed E-state index contributed by atoms with van der Waals surface area (Å²) in [7, 11) is 0. The Labute approximate surface area is 57.5 Å². The van der Waals surface area contributed by atoms with Gasteiger partial charge in [0.05, 0.1) is 5.52 Å². The Kier molecular flexibility index (Phi) is 1.01. The molecule has 2 aromatic rings. The lowest BCUT2D eigenvalue weighted by Crippen LogP contribution is -1.72. The van der Waals surface area contributed by atoms with Gasteiger partial charge in [0.25, 0.3) is 0 Å². The van der Waals surface area contributed by atoms with E-state index in [-0.39, 0.29) is 5.82 Å². The molecular formula is C8H5FN. The lowest BCUT2D eigenvalue weighted by Gasteiger charge is -1.86. The number of halogens is 1. The number of hydrogen-bond donors (Lipinski definition) is 1.